The van der Waals surface area contributed by atoms with Gasteiger partial charge in [-0.15, -0.1) is 0 Å². The number of alkyl halides is 2. The van der Waals surface area contributed by atoms with Gasteiger partial charge in [0.15, 0.2) is 11.5 Å². The SMILES string of the molecule is COc1cc(/C=C/C(=O)NC(c2ccccc2)c2nccn2C)ccc1OC(F)F. The van der Waals surface area contributed by atoms with Crippen molar-refractivity contribution < 1.29 is 23.0 Å². The number of carbonyl (C=O) groups is 1. The summed E-state index contributed by atoms with van der Waals surface area (Å²) in [7, 11) is 3.21. The lowest BCUT2D eigenvalue weighted by Crippen LogP contribution is -2.29. The summed E-state index contributed by atoms with van der Waals surface area (Å²) in [5, 5.41) is 2.95. The van der Waals surface area contributed by atoms with E-state index in [2.05, 4.69) is 15.0 Å². The number of hydrogen-bond donors (Lipinski definition) is 1. The van der Waals surface area contributed by atoms with Crippen LogP contribution in [-0.2, 0) is 11.8 Å². The molecule has 3 aromatic rings. The normalized spacial score (nSPS) is 12.2. The van der Waals surface area contributed by atoms with Crippen molar-refractivity contribution in [1.82, 2.24) is 14.9 Å². The number of aromatic nitrogens is 2. The standard InChI is InChI=1S/C22H21F2N3O3/c1-27-13-12-25-21(27)20(16-6-4-3-5-7-16)26-19(28)11-9-15-8-10-17(30-22(23)24)18(14-15)29-2/h3-14,20,22H,1-2H3,(H,26,28)/b11-9+. The molecule has 156 valence electrons. The predicted octanol–water partition coefficient (Wildman–Crippen LogP) is 3.95. The van der Waals surface area contributed by atoms with Crippen molar-refractivity contribution in [3.05, 3.63) is 84.0 Å². The van der Waals surface area contributed by atoms with E-state index in [1.807, 2.05) is 48.1 Å². The van der Waals surface area contributed by atoms with Gasteiger partial charge in [0, 0.05) is 25.5 Å². The summed E-state index contributed by atoms with van der Waals surface area (Å²) >= 11 is 0. The summed E-state index contributed by atoms with van der Waals surface area (Å²) in [6.07, 6.45) is 6.40. The summed E-state index contributed by atoms with van der Waals surface area (Å²) in [5.41, 5.74) is 1.49. The van der Waals surface area contributed by atoms with E-state index in [1.54, 1.807) is 18.3 Å². The molecule has 0 aliphatic heterocycles. The van der Waals surface area contributed by atoms with Crippen LogP contribution in [0.15, 0.2) is 67.0 Å². The third kappa shape index (κ3) is 5.22. The van der Waals surface area contributed by atoms with Gasteiger partial charge in [0.05, 0.1) is 7.11 Å². The number of rotatable bonds is 8. The lowest BCUT2D eigenvalue weighted by Gasteiger charge is -2.18. The molecule has 0 saturated heterocycles. The molecule has 1 amide bonds. The molecule has 0 aliphatic rings. The highest BCUT2D eigenvalue weighted by molar-refractivity contribution is 5.92. The van der Waals surface area contributed by atoms with Crippen LogP contribution in [0.25, 0.3) is 6.08 Å². The first-order valence-corrected chi connectivity index (χ1v) is 9.11. The molecule has 8 heteroatoms. The number of methoxy groups -OCH3 is 1. The smallest absolute Gasteiger partial charge is 0.387 e. The fourth-order valence-corrected chi connectivity index (χ4v) is 2.94. The highest BCUT2D eigenvalue weighted by Gasteiger charge is 2.19. The van der Waals surface area contributed by atoms with Gasteiger partial charge in [-0.3, -0.25) is 4.79 Å². The van der Waals surface area contributed by atoms with E-state index >= 15 is 0 Å². The Balaban J connectivity index is 1.77. The molecular weight excluding hydrogens is 392 g/mol. The first kappa shape index (κ1) is 21.0. The molecule has 0 saturated carbocycles. The van der Waals surface area contributed by atoms with Gasteiger partial charge in [-0.25, -0.2) is 4.98 Å². The summed E-state index contributed by atoms with van der Waals surface area (Å²) < 4.78 is 36.2. The Morgan fingerprint density at radius 1 is 1.17 bits per heavy atom. The van der Waals surface area contributed by atoms with E-state index in [-0.39, 0.29) is 17.4 Å². The Kier molecular flexibility index (Phi) is 6.79. The monoisotopic (exact) mass is 413 g/mol. The maximum atomic E-state index is 12.6. The molecular formula is C22H21F2N3O3. The van der Waals surface area contributed by atoms with Crippen LogP contribution in [0.5, 0.6) is 11.5 Å². The van der Waals surface area contributed by atoms with Crippen LogP contribution in [0.2, 0.25) is 0 Å². The zero-order valence-corrected chi connectivity index (χ0v) is 16.5. The molecule has 0 radical (unpaired) electrons. The van der Waals surface area contributed by atoms with Crippen LogP contribution in [-0.4, -0.2) is 29.2 Å². The first-order valence-electron chi connectivity index (χ1n) is 9.11. The van der Waals surface area contributed by atoms with Crippen LogP contribution in [0.3, 0.4) is 0 Å². The van der Waals surface area contributed by atoms with Gasteiger partial charge in [-0.05, 0) is 29.3 Å². The van der Waals surface area contributed by atoms with Crippen LogP contribution in [0.4, 0.5) is 8.78 Å². The minimum absolute atomic E-state index is 0.0759. The maximum Gasteiger partial charge on any atom is 0.387 e. The lowest BCUT2D eigenvalue weighted by molar-refractivity contribution is -0.117. The van der Waals surface area contributed by atoms with E-state index in [1.165, 1.54) is 25.3 Å². The molecule has 0 spiro atoms. The molecule has 1 N–H and O–H groups in total. The van der Waals surface area contributed by atoms with Crippen molar-refractivity contribution >= 4 is 12.0 Å². The Morgan fingerprint density at radius 3 is 2.57 bits per heavy atom. The summed E-state index contributed by atoms with van der Waals surface area (Å²) in [4.78, 5) is 16.9. The second kappa shape index (κ2) is 9.69. The molecule has 1 atom stereocenters. The van der Waals surface area contributed by atoms with Gasteiger partial charge in [0.1, 0.15) is 11.9 Å². The van der Waals surface area contributed by atoms with Crippen LogP contribution < -0.4 is 14.8 Å². The Bertz CT molecular complexity index is 1020. The van der Waals surface area contributed by atoms with Gasteiger partial charge in [-0.2, -0.15) is 8.78 Å². The van der Waals surface area contributed by atoms with Crippen molar-refractivity contribution in [2.45, 2.75) is 12.7 Å². The number of aryl methyl sites for hydroxylation is 1. The van der Waals surface area contributed by atoms with E-state index in [0.717, 1.165) is 5.56 Å². The van der Waals surface area contributed by atoms with Crippen LogP contribution >= 0.6 is 0 Å². The Hall–Kier alpha value is -3.68. The number of ether oxygens (including phenoxy) is 2. The van der Waals surface area contributed by atoms with Crippen molar-refractivity contribution in [1.29, 1.82) is 0 Å². The van der Waals surface area contributed by atoms with Crippen molar-refractivity contribution in [3.63, 3.8) is 0 Å². The van der Waals surface area contributed by atoms with Gasteiger partial charge in [0.2, 0.25) is 5.91 Å². The topological polar surface area (TPSA) is 65.4 Å². The second-order valence-corrected chi connectivity index (χ2v) is 6.37. The molecule has 30 heavy (non-hydrogen) atoms. The molecule has 1 heterocycles. The third-order valence-corrected chi connectivity index (χ3v) is 4.37. The summed E-state index contributed by atoms with van der Waals surface area (Å²) in [6.45, 7) is -2.95. The van der Waals surface area contributed by atoms with Crippen LogP contribution in [0.1, 0.15) is 23.0 Å². The van der Waals surface area contributed by atoms with E-state index < -0.39 is 12.7 Å². The highest BCUT2D eigenvalue weighted by Crippen LogP contribution is 2.30. The van der Waals surface area contributed by atoms with Crippen LogP contribution in [0, 0.1) is 0 Å². The van der Waals surface area contributed by atoms with Gasteiger partial charge < -0.3 is 19.4 Å². The quantitative estimate of drug-likeness (QED) is 0.568. The average molecular weight is 413 g/mol. The average Bonchev–Trinajstić information content (AvgIpc) is 3.17. The number of carbonyl (C=O) groups excluding carboxylic acids is 1. The van der Waals surface area contributed by atoms with Gasteiger partial charge in [-0.1, -0.05) is 36.4 Å². The minimum atomic E-state index is -2.95. The fourth-order valence-electron chi connectivity index (χ4n) is 2.94. The number of benzene rings is 2. The van der Waals surface area contributed by atoms with E-state index in [0.29, 0.717) is 11.4 Å². The molecule has 0 fully saturated rings. The van der Waals surface area contributed by atoms with E-state index in [9.17, 15) is 13.6 Å². The van der Waals surface area contributed by atoms with Crippen molar-refractivity contribution in [2.24, 2.45) is 7.05 Å². The van der Waals surface area contributed by atoms with Crippen molar-refractivity contribution in [3.8, 4) is 11.5 Å². The lowest BCUT2D eigenvalue weighted by atomic mass is 10.1. The van der Waals surface area contributed by atoms with Gasteiger partial charge in [0.25, 0.3) is 0 Å². The zero-order chi connectivity index (χ0) is 21.5. The van der Waals surface area contributed by atoms with Crippen molar-refractivity contribution in [2.75, 3.05) is 7.11 Å². The predicted molar refractivity (Wildman–Crippen MR) is 108 cm³/mol. The largest absolute Gasteiger partial charge is 0.493 e. The first-order chi connectivity index (χ1) is 14.5. The molecule has 0 aliphatic carbocycles. The Labute approximate surface area is 172 Å². The summed E-state index contributed by atoms with van der Waals surface area (Å²) in [6, 6.07) is 13.5. The van der Waals surface area contributed by atoms with E-state index in [4.69, 9.17) is 4.74 Å². The number of nitrogens with zero attached hydrogens (tertiary/aromatic N) is 2. The molecule has 2 aromatic carbocycles. The number of hydrogen-bond acceptors (Lipinski definition) is 4. The second-order valence-electron chi connectivity index (χ2n) is 6.37. The fraction of sp³-hybridized carbons (Fsp3) is 0.182. The molecule has 6 nitrogen and oxygen atoms in total. The zero-order valence-electron chi connectivity index (χ0n) is 16.5. The highest BCUT2D eigenvalue weighted by atomic mass is 19.3. The number of nitrogens with one attached hydrogen (secondary N) is 1. The molecule has 3 rings (SSSR count). The molecule has 1 unspecified atom stereocenters. The number of amides is 1. The summed E-state index contributed by atoms with van der Waals surface area (Å²) in [5.74, 6) is 0.429. The molecule has 0 bridgehead atoms. The maximum absolute atomic E-state index is 12.6. The Morgan fingerprint density at radius 2 is 1.93 bits per heavy atom. The number of halogens is 2. The third-order valence-electron chi connectivity index (χ3n) is 4.37. The number of imidazole rings is 1. The molecule has 1 aromatic heterocycles. The van der Waals surface area contributed by atoms with Gasteiger partial charge >= 0.3 is 6.61 Å². The minimum Gasteiger partial charge on any atom is -0.493 e.